The number of alkyl halides is 3. The van der Waals surface area contributed by atoms with Crippen molar-refractivity contribution in [3.63, 3.8) is 0 Å². The maximum atomic E-state index is 13.3. The Hall–Kier alpha value is -3.27. The smallest absolute Gasteiger partial charge is 0.296 e. The van der Waals surface area contributed by atoms with Gasteiger partial charge in [0.15, 0.2) is 10.8 Å². The first-order valence-corrected chi connectivity index (χ1v) is 8.53. The fourth-order valence-electron chi connectivity index (χ4n) is 2.57. The Balaban J connectivity index is 1.79. The highest BCUT2D eigenvalue weighted by molar-refractivity contribution is 7.13. The fourth-order valence-corrected chi connectivity index (χ4v) is 3.09. The van der Waals surface area contributed by atoms with E-state index in [2.05, 4.69) is 20.3 Å². The highest BCUT2D eigenvalue weighted by atomic mass is 32.1. The number of amides is 1. The SMILES string of the molecule is O=C(Nc1nccs1)c1ccc2ncn(-c3ccccc3C(F)(F)F)c2n1. The van der Waals surface area contributed by atoms with Gasteiger partial charge in [-0.3, -0.25) is 14.7 Å². The van der Waals surface area contributed by atoms with E-state index in [4.69, 9.17) is 0 Å². The van der Waals surface area contributed by atoms with E-state index >= 15 is 0 Å². The van der Waals surface area contributed by atoms with E-state index in [1.54, 1.807) is 11.6 Å². The number of benzene rings is 1. The van der Waals surface area contributed by atoms with Gasteiger partial charge in [-0.2, -0.15) is 13.2 Å². The lowest BCUT2D eigenvalue weighted by molar-refractivity contribution is -0.137. The number of nitrogens with zero attached hydrogens (tertiary/aromatic N) is 4. The minimum absolute atomic E-state index is 0.0453. The first-order chi connectivity index (χ1) is 12.9. The summed E-state index contributed by atoms with van der Waals surface area (Å²) in [5, 5.41) is 4.69. The number of hydrogen-bond donors (Lipinski definition) is 1. The Morgan fingerprint density at radius 2 is 1.93 bits per heavy atom. The Morgan fingerprint density at radius 1 is 1.11 bits per heavy atom. The van der Waals surface area contributed by atoms with Crippen molar-refractivity contribution in [3.8, 4) is 5.69 Å². The largest absolute Gasteiger partial charge is 0.418 e. The number of imidazole rings is 1. The second kappa shape index (κ2) is 6.47. The standard InChI is InChI=1S/C17H10F3N5OS/c18-17(19,20)10-3-1-2-4-13(10)25-9-22-11-5-6-12(23-14(11)25)15(26)24-16-21-7-8-27-16/h1-9H,(H,21,24,26). The Kier molecular flexibility index (Phi) is 4.11. The van der Waals surface area contributed by atoms with Crippen LogP contribution in [-0.4, -0.2) is 25.4 Å². The van der Waals surface area contributed by atoms with Gasteiger partial charge in [-0.15, -0.1) is 11.3 Å². The molecule has 0 bridgehead atoms. The average molecular weight is 389 g/mol. The van der Waals surface area contributed by atoms with E-state index in [1.807, 2.05) is 0 Å². The molecule has 0 fully saturated rings. The zero-order chi connectivity index (χ0) is 19.0. The molecule has 10 heteroatoms. The molecular formula is C17H10F3N5OS. The van der Waals surface area contributed by atoms with Crippen LogP contribution >= 0.6 is 11.3 Å². The molecule has 27 heavy (non-hydrogen) atoms. The van der Waals surface area contributed by atoms with Gasteiger partial charge in [0.25, 0.3) is 5.91 Å². The van der Waals surface area contributed by atoms with Gasteiger partial charge < -0.3 is 0 Å². The molecular weight excluding hydrogens is 379 g/mol. The fraction of sp³-hybridized carbons (Fsp3) is 0.0588. The summed E-state index contributed by atoms with van der Waals surface area (Å²) in [5.41, 5.74) is -0.360. The number of carbonyl (C=O) groups is 1. The highest BCUT2D eigenvalue weighted by Crippen LogP contribution is 2.34. The first kappa shape index (κ1) is 17.2. The normalized spacial score (nSPS) is 11.7. The van der Waals surface area contributed by atoms with Crippen LogP contribution in [0, 0.1) is 0 Å². The maximum Gasteiger partial charge on any atom is 0.418 e. The number of hydrogen-bond acceptors (Lipinski definition) is 5. The Bertz CT molecular complexity index is 1120. The lowest BCUT2D eigenvalue weighted by Gasteiger charge is -2.13. The van der Waals surface area contributed by atoms with E-state index in [0.717, 1.165) is 6.07 Å². The number of rotatable bonds is 3. The highest BCUT2D eigenvalue weighted by Gasteiger charge is 2.34. The molecule has 0 atom stereocenters. The molecule has 136 valence electrons. The number of halogens is 3. The average Bonchev–Trinajstić information content (AvgIpc) is 3.29. The van der Waals surface area contributed by atoms with Crippen LogP contribution in [0.3, 0.4) is 0 Å². The quantitative estimate of drug-likeness (QED) is 0.571. The molecule has 0 aliphatic carbocycles. The van der Waals surface area contributed by atoms with Crippen molar-refractivity contribution in [2.24, 2.45) is 0 Å². The summed E-state index contributed by atoms with van der Waals surface area (Å²) in [6, 6.07) is 8.11. The second-order valence-electron chi connectivity index (χ2n) is 5.46. The summed E-state index contributed by atoms with van der Waals surface area (Å²) in [6.07, 6.45) is -1.74. The van der Waals surface area contributed by atoms with Crippen molar-refractivity contribution in [3.05, 3.63) is 65.6 Å². The van der Waals surface area contributed by atoms with E-state index < -0.39 is 17.6 Å². The lowest BCUT2D eigenvalue weighted by atomic mass is 10.1. The molecule has 1 aromatic carbocycles. The van der Waals surface area contributed by atoms with Crippen LogP contribution in [0.25, 0.3) is 16.9 Å². The van der Waals surface area contributed by atoms with Gasteiger partial charge in [0.2, 0.25) is 0 Å². The van der Waals surface area contributed by atoms with Crippen LogP contribution in [0.1, 0.15) is 16.1 Å². The van der Waals surface area contributed by atoms with Gasteiger partial charge in [0.05, 0.1) is 11.3 Å². The van der Waals surface area contributed by atoms with E-state index in [0.29, 0.717) is 10.6 Å². The number of aromatic nitrogens is 4. The number of nitrogens with one attached hydrogen (secondary N) is 1. The molecule has 0 saturated carbocycles. The van der Waals surface area contributed by atoms with Crippen LogP contribution in [0.4, 0.5) is 18.3 Å². The van der Waals surface area contributed by atoms with Gasteiger partial charge in [-0.1, -0.05) is 12.1 Å². The summed E-state index contributed by atoms with van der Waals surface area (Å²) >= 11 is 1.24. The number of thiazole rings is 1. The minimum Gasteiger partial charge on any atom is -0.296 e. The molecule has 0 saturated heterocycles. The first-order valence-electron chi connectivity index (χ1n) is 7.65. The van der Waals surface area contributed by atoms with E-state index in [9.17, 15) is 18.0 Å². The van der Waals surface area contributed by atoms with Crippen LogP contribution in [0.2, 0.25) is 0 Å². The minimum atomic E-state index is -4.53. The van der Waals surface area contributed by atoms with Crippen LogP contribution in [0.5, 0.6) is 0 Å². The number of para-hydroxylation sites is 1. The molecule has 3 aromatic heterocycles. The molecule has 0 unspecified atom stereocenters. The third-order valence-corrected chi connectivity index (χ3v) is 4.44. The number of pyridine rings is 1. The van der Waals surface area contributed by atoms with Crippen LogP contribution < -0.4 is 5.32 Å². The molecule has 1 amide bonds. The van der Waals surface area contributed by atoms with Gasteiger partial charge in [0.1, 0.15) is 17.5 Å². The summed E-state index contributed by atoms with van der Waals surface area (Å²) in [5.74, 6) is -0.510. The van der Waals surface area contributed by atoms with Crippen molar-refractivity contribution in [2.75, 3.05) is 5.32 Å². The number of carbonyl (C=O) groups excluding carboxylic acids is 1. The molecule has 1 N–H and O–H groups in total. The predicted octanol–water partition coefficient (Wildman–Crippen LogP) is 4.15. The number of fused-ring (bicyclic) bond motifs is 1. The maximum absolute atomic E-state index is 13.3. The predicted molar refractivity (Wildman–Crippen MR) is 93.9 cm³/mol. The summed E-state index contributed by atoms with van der Waals surface area (Å²) in [4.78, 5) is 24.6. The van der Waals surface area contributed by atoms with Crippen molar-refractivity contribution in [1.82, 2.24) is 19.5 Å². The van der Waals surface area contributed by atoms with E-state index in [1.165, 1.54) is 52.6 Å². The van der Waals surface area contributed by atoms with Crippen molar-refractivity contribution in [2.45, 2.75) is 6.18 Å². The second-order valence-corrected chi connectivity index (χ2v) is 6.35. The van der Waals surface area contributed by atoms with Crippen molar-refractivity contribution in [1.29, 1.82) is 0 Å². The Morgan fingerprint density at radius 3 is 2.67 bits per heavy atom. The molecule has 4 aromatic rings. The molecule has 0 spiro atoms. The number of anilines is 1. The molecule has 4 rings (SSSR count). The summed E-state index contributed by atoms with van der Waals surface area (Å²) in [7, 11) is 0. The third kappa shape index (κ3) is 3.26. The summed E-state index contributed by atoms with van der Waals surface area (Å²) < 4.78 is 41.2. The molecule has 0 radical (unpaired) electrons. The van der Waals surface area contributed by atoms with Crippen LogP contribution in [0.15, 0.2) is 54.3 Å². The molecule has 6 nitrogen and oxygen atoms in total. The monoisotopic (exact) mass is 389 g/mol. The van der Waals surface area contributed by atoms with Crippen molar-refractivity contribution >= 4 is 33.5 Å². The molecule has 3 heterocycles. The topological polar surface area (TPSA) is 72.7 Å². The third-order valence-electron chi connectivity index (χ3n) is 3.75. The Labute approximate surface area is 154 Å². The van der Waals surface area contributed by atoms with Gasteiger partial charge in [-0.05, 0) is 24.3 Å². The molecule has 0 aliphatic rings. The van der Waals surface area contributed by atoms with Crippen molar-refractivity contribution < 1.29 is 18.0 Å². The zero-order valence-corrected chi connectivity index (χ0v) is 14.3. The van der Waals surface area contributed by atoms with Crippen LogP contribution in [-0.2, 0) is 6.18 Å². The summed E-state index contributed by atoms with van der Waals surface area (Å²) in [6.45, 7) is 0. The lowest BCUT2D eigenvalue weighted by Crippen LogP contribution is -2.14. The zero-order valence-electron chi connectivity index (χ0n) is 13.4. The van der Waals surface area contributed by atoms with Gasteiger partial charge in [-0.25, -0.2) is 15.0 Å². The molecule has 0 aliphatic heterocycles. The van der Waals surface area contributed by atoms with E-state index in [-0.39, 0.29) is 17.0 Å². The van der Waals surface area contributed by atoms with Gasteiger partial charge in [0, 0.05) is 11.6 Å². The van der Waals surface area contributed by atoms with Gasteiger partial charge >= 0.3 is 6.18 Å².